The van der Waals surface area contributed by atoms with Gasteiger partial charge < -0.3 is 29.0 Å². The van der Waals surface area contributed by atoms with Crippen LogP contribution in [0.15, 0.2) is 12.1 Å². The molecule has 30 heavy (non-hydrogen) atoms. The van der Waals surface area contributed by atoms with Gasteiger partial charge in [-0.25, -0.2) is 0 Å². The van der Waals surface area contributed by atoms with Gasteiger partial charge in [0.1, 0.15) is 0 Å². The predicted molar refractivity (Wildman–Crippen MR) is 113 cm³/mol. The van der Waals surface area contributed by atoms with Gasteiger partial charge >= 0.3 is 5.97 Å². The molecule has 1 rings (SSSR count). The molecule has 1 amide bonds. The monoisotopic (exact) mass is 465 g/mol. The van der Waals surface area contributed by atoms with Crippen LogP contribution >= 0.6 is 23.2 Å². The van der Waals surface area contributed by atoms with Crippen LogP contribution < -0.4 is 10.1 Å². The Morgan fingerprint density at radius 1 is 0.833 bits per heavy atom. The number of rotatable bonds is 16. The number of hydrogen-bond donors (Lipinski definition) is 1. The second-order valence-electron chi connectivity index (χ2n) is 6.21. The van der Waals surface area contributed by atoms with Crippen molar-refractivity contribution in [2.45, 2.75) is 20.3 Å². The van der Waals surface area contributed by atoms with Crippen molar-refractivity contribution >= 4 is 35.1 Å². The summed E-state index contributed by atoms with van der Waals surface area (Å²) in [6.07, 6.45) is 0.0750. The van der Waals surface area contributed by atoms with E-state index in [1.165, 1.54) is 6.92 Å². The van der Waals surface area contributed by atoms with E-state index in [0.717, 1.165) is 5.56 Å². The fourth-order valence-corrected chi connectivity index (χ4v) is 2.84. The highest BCUT2D eigenvalue weighted by Gasteiger charge is 2.13. The van der Waals surface area contributed by atoms with E-state index in [4.69, 9.17) is 46.9 Å². The van der Waals surface area contributed by atoms with Crippen molar-refractivity contribution < 1.29 is 33.3 Å². The molecule has 1 aromatic rings. The van der Waals surface area contributed by atoms with Crippen molar-refractivity contribution in [2.75, 3.05) is 59.4 Å². The normalized spacial score (nSPS) is 10.8. The van der Waals surface area contributed by atoms with Crippen molar-refractivity contribution in [3.05, 3.63) is 27.7 Å². The van der Waals surface area contributed by atoms with Gasteiger partial charge in [-0.15, -0.1) is 0 Å². The smallest absolute Gasteiger partial charge is 0.313 e. The Kier molecular flexibility index (Phi) is 14.5. The Hall–Kier alpha value is -1.42. The quantitative estimate of drug-likeness (QED) is 0.228. The molecule has 0 aliphatic rings. The molecule has 0 spiro atoms. The molecular formula is C20H29Cl2NO7. The number of aryl methyl sites for hydroxylation is 1. The largest absolute Gasteiger partial charge is 0.423 e. The highest BCUT2D eigenvalue weighted by atomic mass is 35.5. The van der Waals surface area contributed by atoms with Crippen LogP contribution in [-0.4, -0.2) is 71.3 Å². The molecule has 1 aromatic carbocycles. The van der Waals surface area contributed by atoms with Gasteiger partial charge in [0, 0.05) is 13.5 Å². The molecule has 0 atom stereocenters. The Balaban J connectivity index is 1.92. The standard InChI is InChI=1S/C20H29Cl2NO7/c1-15-13-17(21)20(18(22)14-15)30-19(25)3-5-26-7-9-28-11-12-29-10-8-27-6-4-23-16(2)24/h13-14H,3-12H2,1-2H3,(H,23,24). The van der Waals surface area contributed by atoms with Crippen LogP contribution in [0.5, 0.6) is 5.75 Å². The maximum atomic E-state index is 11.9. The molecule has 0 aliphatic heterocycles. The third-order valence-electron chi connectivity index (χ3n) is 3.55. The summed E-state index contributed by atoms with van der Waals surface area (Å²) in [4.78, 5) is 22.5. The SMILES string of the molecule is CC(=O)NCCOCCOCCOCCOCCC(=O)Oc1c(Cl)cc(C)cc1Cl. The van der Waals surface area contributed by atoms with Gasteiger partial charge in [-0.2, -0.15) is 0 Å². The number of carbonyl (C=O) groups excluding carboxylic acids is 2. The van der Waals surface area contributed by atoms with Crippen LogP contribution in [0.4, 0.5) is 0 Å². The molecule has 0 aromatic heterocycles. The fourth-order valence-electron chi connectivity index (χ4n) is 2.17. The van der Waals surface area contributed by atoms with E-state index in [1.807, 2.05) is 6.92 Å². The Morgan fingerprint density at radius 2 is 1.30 bits per heavy atom. The third-order valence-corrected chi connectivity index (χ3v) is 4.11. The highest BCUT2D eigenvalue weighted by Crippen LogP contribution is 2.34. The average Bonchev–Trinajstić information content (AvgIpc) is 2.67. The summed E-state index contributed by atoms with van der Waals surface area (Å²) in [5, 5.41) is 3.22. The fraction of sp³-hybridized carbons (Fsp3) is 0.600. The molecular weight excluding hydrogens is 437 g/mol. The van der Waals surface area contributed by atoms with Gasteiger partial charge in [-0.1, -0.05) is 23.2 Å². The van der Waals surface area contributed by atoms with Crippen LogP contribution in [0.3, 0.4) is 0 Å². The van der Waals surface area contributed by atoms with Crippen LogP contribution in [0.25, 0.3) is 0 Å². The van der Waals surface area contributed by atoms with Gasteiger partial charge in [0.2, 0.25) is 5.91 Å². The maximum absolute atomic E-state index is 11.9. The van der Waals surface area contributed by atoms with E-state index in [9.17, 15) is 9.59 Å². The lowest BCUT2D eigenvalue weighted by Crippen LogP contribution is -2.25. The molecule has 0 saturated heterocycles. The number of hydrogen-bond acceptors (Lipinski definition) is 7. The van der Waals surface area contributed by atoms with E-state index in [1.54, 1.807) is 12.1 Å². The third kappa shape index (κ3) is 13.0. The Bertz CT molecular complexity index is 635. The molecule has 10 heteroatoms. The van der Waals surface area contributed by atoms with E-state index in [0.29, 0.717) is 62.8 Å². The lowest BCUT2D eigenvalue weighted by molar-refractivity contribution is -0.135. The van der Waals surface area contributed by atoms with E-state index < -0.39 is 5.97 Å². The summed E-state index contributed by atoms with van der Waals surface area (Å²) >= 11 is 12.1. The van der Waals surface area contributed by atoms with Crippen molar-refractivity contribution in [1.82, 2.24) is 5.32 Å². The van der Waals surface area contributed by atoms with Crippen LogP contribution in [0, 0.1) is 6.92 Å². The van der Waals surface area contributed by atoms with E-state index in [-0.39, 0.29) is 24.7 Å². The van der Waals surface area contributed by atoms with E-state index in [2.05, 4.69) is 5.32 Å². The first kappa shape index (κ1) is 26.6. The summed E-state index contributed by atoms with van der Waals surface area (Å²) in [6.45, 7) is 6.98. The van der Waals surface area contributed by atoms with Crippen molar-refractivity contribution in [2.24, 2.45) is 0 Å². The first-order chi connectivity index (χ1) is 14.4. The maximum Gasteiger partial charge on any atom is 0.313 e. The van der Waals surface area contributed by atoms with E-state index >= 15 is 0 Å². The number of amides is 1. The number of benzene rings is 1. The molecule has 0 radical (unpaired) electrons. The average molecular weight is 466 g/mol. The number of nitrogens with one attached hydrogen (secondary N) is 1. The van der Waals surface area contributed by atoms with Crippen LogP contribution in [-0.2, 0) is 28.5 Å². The summed E-state index contributed by atoms with van der Waals surface area (Å²) in [6, 6.07) is 3.35. The molecule has 0 saturated carbocycles. The Morgan fingerprint density at radius 3 is 1.80 bits per heavy atom. The van der Waals surface area contributed by atoms with Gasteiger partial charge in [-0.05, 0) is 24.6 Å². The summed E-state index contributed by atoms with van der Waals surface area (Å²) in [7, 11) is 0. The number of carbonyl (C=O) groups is 2. The molecule has 0 fully saturated rings. The Labute approximate surface area is 187 Å². The minimum Gasteiger partial charge on any atom is -0.423 e. The minimum absolute atomic E-state index is 0.0750. The van der Waals surface area contributed by atoms with Gasteiger partial charge in [-0.3, -0.25) is 9.59 Å². The molecule has 0 bridgehead atoms. The molecule has 8 nitrogen and oxygen atoms in total. The lowest BCUT2D eigenvalue weighted by atomic mass is 10.2. The van der Waals surface area contributed by atoms with Gasteiger partial charge in [0.25, 0.3) is 0 Å². The zero-order chi connectivity index (χ0) is 22.2. The molecule has 1 N–H and O–H groups in total. The minimum atomic E-state index is -0.476. The van der Waals surface area contributed by atoms with Gasteiger partial charge in [0.05, 0.1) is 69.3 Å². The van der Waals surface area contributed by atoms with Crippen molar-refractivity contribution in [3.8, 4) is 5.75 Å². The molecule has 0 aliphatic carbocycles. The first-order valence-corrected chi connectivity index (χ1v) is 10.4. The topological polar surface area (TPSA) is 92.3 Å². The highest BCUT2D eigenvalue weighted by molar-refractivity contribution is 6.37. The van der Waals surface area contributed by atoms with Crippen LogP contribution in [0.1, 0.15) is 18.9 Å². The van der Waals surface area contributed by atoms with Crippen molar-refractivity contribution in [1.29, 1.82) is 0 Å². The van der Waals surface area contributed by atoms with Gasteiger partial charge in [0.15, 0.2) is 5.75 Å². The summed E-state index contributed by atoms with van der Waals surface area (Å²) in [5.74, 6) is -0.389. The molecule has 0 heterocycles. The number of ether oxygens (including phenoxy) is 5. The summed E-state index contributed by atoms with van der Waals surface area (Å²) in [5.41, 5.74) is 0.880. The zero-order valence-corrected chi connectivity index (χ0v) is 18.9. The zero-order valence-electron chi connectivity index (χ0n) is 17.3. The molecule has 170 valence electrons. The van der Waals surface area contributed by atoms with Crippen molar-refractivity contribution in [3.63, 3.8) is 0 Å². The van der Waals surface area contributed by atoms with Crippen LogP contribution in [0.2, 0.25) is 10.0 Å². The second-order valence-corrected chi connectivity index (χ2v) is 7.03. The number of halogens is 2. The summed E-state index contributed by atoms with van der Waals surface area (Å²) < 4.78 is 26.5. The molecule has 0 unspecified atom stereocenters. The number of esters is 1. The first-order valence-electron chi connectivity index (χ1n) is 9.62. The second kappa shape index (κ2) is 16.3. The predicted octanol–water partition coefficient (Wildman–Crippen LogP) is 2.80. The lowest BCUT2D eigenvalue weighted by Gasteiger charge is -2.10.